The van der Waals surface area contributed by atoms with Gasteiger partial charge in [-0.1, -0.05) is 80.0 Å². The predicted molar refractivity (Wildman–Crippen MR) is 326 cm³/mol. The molecule has 0 N–H and O–H groups in total. The lowest BCUT2D eigenvalue weighted by atomic mass is 9.88. The molecule has 27 nitrogen and oxygen atoms in total. The molecule has 0 fully saturated rings. The lowest BCUT2D eigenvalue weighted by Crippen LogP contribution is -2.38. The van der Waals surface area contributed by atoms with Crippen molar-refractivity contribution in [2.24, 2.45) is 16.2 Å². The topological polar surface area (TPSA) is 320 Å². The maximum Gasteiger partial charge on any atom is 0.330 e. The Labute approximate surface area is 529 Å². The summed E-state index contributed by atoms with van der Waals surface area (Å²) in [7, 11) is 0. The zero-order valence-corrected chi connectivity index (χ0v) is 52.8. The zero-order valence-electron chi connectivity index (χ0n) is 52.8. The van der Waals surface area contributed by atoms with Gasteiger partial charge < -0.3 is 85.3 Å². The van der Waals surface area contributed by atoms with Gasteiger partial charge in [0, 0.05) is 70.9 Å². The second kappa shape index (κ2) is 59.2. The average Bonchev–Trinajstić information content (AvgIpc) is 2.21. The normalized spacial score (nSPS) is 10.7. The molecule has 0 aliphatic rings. The second-order valence-electron chi connectivity index (χ2n) is 18.4. The Morgan fingerprint density at radius 1 is 0.211 bits per heavy atom. The SMILES string of the molecule is C=CC(=O)OCCOCC(CC)(COCCOC(=O)C=C)COCCOC(=O)C=C.C=CC(=O)OCCOCC(CC)(COCCOC(=O)C=C)COCCOC(=O)C=C.C=CC(=O)OCCOCC(CC)(COCCOC(=O)C=C)COCCOC(=O)C=C. The van der Waals surface area contributed by atoms with Crippen molar-refractivity contribution in [3.8, 4) is 0 Å². The number of hydrogen-bond acceptors (Lipinski definition) is 27. The van der Waals surface area contributed by atoms with E-state index in [1.54, 1.807) is 0 Å². The molecule has 0 unspecified atom stereocenters. The molecule has 27 heteroatoms. The number of esters is 9. The summed E-state index contributed by atoms with van der Waals surface area (Å²) in [6.07, 6.45) is 11.7. The van der Waals surface area contributed by atoms with E-state index in [2.05, 4.69) is 59.2 Å². The molecule has 0 amide bonds. The molecule has 0 bridgehead atoms. The first kappa shape index (κ1) is 86.7. The highest BCUT2D eigenvalue weighted by Gasteiger charge is 2.32. The van der Waals surface area contributed by atoms with Crippen LogP contribution in [-0.2, 0) is 128 Å². The van der Waals surface area contributed by atoms with Crippen LogP contribution in [-0.4, -0.2) is 232 Å². The molecular formula is C63H96O27. The van der Waals surface area contributed by atoms with Crippen LogP contribution in [0.2, 0.25) is 0 Å². The van der Waals surface area contributed by atoms with Crippen molar-refractivity contribution in [1.29, 1.82) is 0 Å². The first-order valence-electron chi connectivity index (χ1n) is 28.6. The van der Waals surface area contributed by atoms with Crippen molar-refractivity contribution < 1.29 is 128 Å². The highest BCUT2D eigenvalue weighted by Crippen LogP contribution is 2.26. The minimum atomic E-state index is -0.518. The van der Waals surface area contributed by atoms with Gasteiger partial charge in [0.05, 0.1) is 119 Å². The lowest BCUT2D eigenvalue weighted by molar-refractivity contribution is -0.144. The zero-order chi connectivity index (χ0) is 68.0. The first-order chi connectivity index (χ1) is 43.3. The summed E-state index contributed by atoms with van der Waals surface area (Å²) < 4.78 is 94.6. The summed E-state index contributed by atoms with van der Waals surface area (Å²) in [4.78, 5) is 99.5. The standard InChI is InChI=1S/3C21H32O9/c3*1-5-18(22)28-12-9-25-15-21(8-4,16-26-10-13-29-19(23)6-2)17-27-11-14-30-20(24)7-3/h3*5-7H,1-3,8-17H2,4H3. The number of hydrogen-bond donors (Lipinski definition) is 0. The van der Waals surface area contributed by atoms with E-state index in [-0.39, 0.29) is 178 Å². The first-order valence-corrected chi connectivity index (χ1v) is 28.6. The van der Waals surface area contributed by atoms with Crippen LogP contribution in [0.1, 0.15) is 40.0 Å². The molecule has 0 heterocycles. The quantitative estimate of drug-likeness (QED) is 0.0340. The van der Waals surface area contributed by atoms with Crippen molar-refractivity contribution in [3.63, 3.8) is 0 Å². The highest BCUT2D eigenvalue weighted by molar-refractivity contribution is 5.83. The maximum absolute atomic E-state index is 11.1. The monoisotopic (exact) mass is 1280 g/mol. The molecule has 0 aliphatic heterocycles. The Morgan fingerprint density at radius 3 is 0.389 bits per heavy atom. The Morgan fingerprint density at radius 2 is 0.311 bits per heavy atom. The fourth-order valence-electron chi connectivity index (χ4n) is 6.23. The fourth-order valence-corrected chi connectivity index (χ4v) is 6.23. The molecule has 0 spiro atoms. The third-order valence-corrected chi connectivity index (χ3v) is 11.7. The van der Waals surface area contributed by atoms with Gasteiger partial charge in [0.2, 0.25) is 0 Å². The molecule has 510 valence electrons. The van der Waals surface area contributed by atoms with Crippen LogP contribution < -0.4 is 0 Å². The van der Waals surface area contributed by atoms with E-state index in [1.165, 1.54) is 0 Å². The summed E-state index contributed by atoms with van der Waals surface area (Å²) >= 11 is 0. The van der Waals surface area contributed by atoms with Crippen LogP contribution in [0.3, 0.4) is 0 Å². The number of ether oxygens (including phenoxy) is 18. The van der Waals surface area contributed by atoms with Crippen molar-refractivity contribution in [3.05, 3.63) is 114 Å². The van der Waals surface area contributed by atoms with E-state index in [9.17, 15) is 43.2 Å². The largest absolute Gasteiger partial charge is 0.460 e. The van der Waals surface area contributed by atoms with Crippen molar-refractivity contribution in [2.75, 3.05) is 178 Å². The smallest absolute Gasteiger partial charge is 0.330 e. The molecular weight excluding hydrogens is 1190 g/mol. The van der Waals surface area contributed by atoms with Crippen LogP contribution in [0.5, 0.6) is 0 Å². The third-order valence-electron chi connectivity index (χ3n) is 11.7. The van der Waals surface area contributed by atoms with Gasteiger partial charge in [0.15, 0.2) is 0 Å². The van der Waals surface area contributed by atoms with E-state index in [1.807, 2.05) is 20.8 Å². The summed E-state index contributed by atoms with van der Waals surface area (Å²) in [6, 6.07) is 0. The van der Waals surface area contributed by atoms with E-state index in [4.69, 9.17) is 85.3 Å². The summed E-state index contributed by atoms with van der Waals surface area (Å²) in [5, 5.41) is 0. The summed E-state index contributed by atoms with van der Waals surface area (Å²) in [5.74, 6) is -4.67. The van der Waals surface area contributed by atoms with Gasteiger partial charge in [0.25, 0.3) is 0 Å². The molecule has 0 aromatic carbocycles. The Balaban J connectivity index is -0.00000126. The van der Waals surface area contributed by atoms with Crippen molar-refractivity contribution in [2.45, 2.75) is 40.0 Å². The Kier molecular flexibility index (Phi) is 57.0. The number of carbonyl (C=O) groups is 9. The van der Waals surface area contributed by atoms with Gasteiger partial charge in [-0.15, -0.1) is 0 Å². The van der Waals surface area contributed by atoms with Crippen LogP contribution >= 0.6 is 0 Å². The van der Waals surface area contributed by atoms with Gasteiger partial charge in [0.1, 0.15) is 59.5 Å². The van der Waals surface area contributed by atoms with Crippen LogP contribution in [0, 0.1) is 16.2 Å². The van der Waals surface area contributed by atoms with Crippen LogP contribution in [0.4, 0.5) is 0 Å². The Hall–Kier alpha value is -7.47. The number of carbonyl (C=O) groups excluding carboxylic acids is 9. The Bertz CT molecular complexity index is 1680. The predicted octanol–water partition coefficient (Wildman–Crippen LogP) is 4.86. The van der Waals surface area contributed by atoms with Crippen molar-refractivity contribution in [1.82, 2.24) is 0 Å². The highest BCUT2D eigenvalue weighted by atomic mass is 16.6. The molecule has 90 heavy (non-hydrogen) atoms. The van der Waals surface area contributed by atoms with Gasteiger partial charge in [-0.05, 0) is 19.3 Å². The minimum Gasteiger partial charge on any atom is -0.460 e. The van der Waals surface area contributed by atoms with Gasteiger partial charge in [-0.25, -0.2) is 43.2 Å². The van der Waals surface area contributed by atoms with Crippen LogP contribution in [0.25, 0.3) is 0 Å². The molecule has 0 radical (unpaired) electrons. The molecule has 0 atom stereocenters. The van der Waals surface area contributed by atoms with E-state index < -0.39 is 70.0 Å². The molecule has 0 saturated heterocycles. The molecule has 0 saturated carbocycles. The third kappa shape index (κ3) is 50.4. The van der Waals surface area contributed by atoms with E-state index in [0.29, 0.717) is 19.3 Å². The molecule has 0 aliphatic carbocycles. The minimum absolute atomic E-state index is 0.0986. The second-order valence-corrected chi connectivity index (χ2v) is 18.4. The maximum atomic E-state index is 11.1. The van der Waals surface area contributed by atoms with Gasteiger partial charge >= 0.3 is 53.7 Å². The number of rotatable bonds is 57. The van der Waals surface area contributed by atoms with Crippen LogP contribution in [0.15, 0.2) is 114 Å². The molecule has 0 aromatic rings. The van der Waals surface area contributed by atoms with Gasteiger partial charge in [-0.3, -0.25) is 0 Å². The van der Waals surface area contributed by atoms with E-state index >= 15 is 0 Å². The fraction of sp³-hybridized carbons (Fsp3) is 0.571. The van der Waals surface area contributed by atoms with Crippen molar-refractivity contribution >= 4 is 53.7 Å². The molecule has 0 rings (SSSR count). The summed E-state index contributed by atoms with van der Waals surface area (Å²) in [6.45, 7) is 41.1. The lowest BCUT2D eigenvalue weighted by Gasteiger charge is -2.32. The summed E-state index contributed by atoms with van der Waals surface area (Å²) in [5.41, 5.74) is -1.48. The molecule has 0 aromatic heterocycles. The van der Waals surface area contributed by atoms with E-state index in [0.717, 1.165) is 54.7 Å². The average molecular weight is 1290 g/mol. The van der Waals surface area contributed by atoms with Gasteiger partial charge in [-0.2, -0.15) is 0 Å².